The van der Waals surface area contributed by atoms with E-state index in [1.54, 1.807) is 25.2 Å². The van der Waals surface area contributed by atoms with Crippen LogP contribution in [-0.4, -0.2) is 75.2 Å². The number of ether oxygens (including phenoxy) is 2. The SMILES string of the molecule is CN=C(N)N[C@@H](C/C(C)=C/C[C@@]12O[C@]1(C(=O)OC)C(=O)c1ccccc1C2=O)C1=CCNC(NCNC)=C1. The fraction of sp³-hybridized carbons (Fsp3) is 0.407. The van der Waals surface area contributed by atoms with Crippen molar-refractivity contribution in [2.75, 3.05) is 34.4 Å². The molecule has 202 valence electrons. The molecule has 0 bridgehead atoms. The smallest absolute Gasteiger partial charge is 0.350 e. The van der Waals surface area contributed by atoms with Gasteiger partial charge in [0.2, 0.25) is 5.78 Å². The Morgan fingerprint density at radius 3 is 2.66 bits per heavy atom. The van der Waals surface area contributed by atoms with Gasteiger partial charge in [-0.3, -0.25) is 14.6 Å². The third-order valence-electron chi connectivity index (χ3n) is 7.06. The van der Waals surface area contributed by atoms with Gasteiger partial charge in [-0.15, -0.1) is 0 Å². The number of fused-ring (bicyclic) bond motifs is 2. The lowest BCUT2D eigenvalue weighted by Gasteiger charge is -2.26. The molecule has 1 fully saturated rings. The molecule has 0 radical (unpaired) electrons. The lowest BCUT2D eigenvalue weighted by Crippen LogP contribution is -2.50. The van der Waals surface area contributed by atoms with E-state index in [1.807, 2.05) is 26.1 Å². The Bertz CT molecular complexity index is 1270. The normalized spacial score (nSPS) is 25.3. The number of hydrogen-bond donors (Lipinski definition) is 5. The lowest BCUT2D eigenvalue weighted by molar-refractivity contribution is -0.145. The van der Waals surface area contributed by atoms with Gasteiger partial charge in [-0.1, -0.05) is 42.0 Å². The van der Waals surface area contributed by atoms with Gasteiger partial charge in [0.05, 0.1) is 19.8 Å². The van der Waals surface area contributed by atoms with Crippen LogP contribution in [0.1, 0.15) is 40.5 Å². The Morgan fingerprint density at radius 2 is 2.00 bits per heavy atom. The number of methoxy groups -OCH3 is 1. The van der Waals surface area contributed by atoms with Crippen LogP contribution in [0.4, 0.5) is 0 Å². The van der Waals surface area contributed by atoms with E-state index in [0.29, 0.717) is 25.6 Å². The van der Waals surface area contributed by atoms with E-state index in [4.69, 9.17) is 15.2 Å². The number of rotatable bonds is 10. The first-order valence-electron chi connectivity index (χ1n) is 12.4. The number of esters is 1. The summed E-state index contributed by atoms with van der Waals surface area (Å²) in [5, 5.41) is 12.8. The third-order valence-corrected chi connectivity index (χ3v) is 7.06. The van der Waals surface area contributed by atoms with Crippen molar-refractivity contribution < 1.29 is 23.9 Å². The van der Waals surface area contributed by atoms with Crippen molar-refractivity contribution in [1.82, 2.24) is 21.3 Å². The highest BCUT2D eigenvalue weighted by Gasteiger charge is 2.85. The first kappa shape index (κ1) is 27.1. The van der Waals surface area contributed by atoms with Crippen molar-refractivity contribution in [2.24, 2.45) is 10.7 Å². The minimum absolute atomic E-state index is 0.0440. The molecule has 6 N–H and O–H groups in total. The molecule has 2 heterocycles. The van der Waals surface area contributed by atoms with E-state index < -0.39 is 28.7 Å². The number of Topliss-reactive ketones (excluding diaryl/α,β-unsaturated/α-hetero) is 2. The molecule has 1 aliphatic carbocycles. The fourth-order valence-electron chi connectivity index (χ4n) is 4.99. The number of dihydropyridines is 1. The minimum Gasteiger partial charge on any atom is -0.466 e. The zero-order valence-corrected chi connectivity index (χ0v) is 22.0. The molecule has 3 aliphatic rings. The molecule has 3 atom stereocenters. The van der Waals surface area contributed by atoms with Crippen molar-refractivity contribution in [3.8, 4) is 0 Å². The average Bonchev–Trinajstić information content (AvgIpc) is 3.65. The highest BCUT2D eigenvalue weighted by Crippen LogP contribution is 2.58. The van der Waals surface area contributed by atoms with E-state index in [2.05, 4.69) is 32.3 Å². The van der Waals surface area contributed by atoms with Crippen LogP contribution in [0.2, 0.25) is 0 Å². The Hall–Kier alpha value is -3.96. The molecule has 11 nitrogen and oxygen atoms in total. The number of hydrogen-bond acceptors (Lipinski definition) is 9. The Kier molecular flexibility index (Phi) is 7.70. The van der Waals surface area contributed by atoms with Crippen LogP contribution in [-0.2, 0) is 14.3 Å². The van der Waals surface area contributed by atoms with Gasteiger partial charge in [0.15, 0.2) is 17.3 Å². The van der Waals surface area contributed by atoms with Gasteiger partial charge in [-0.05, 0) is 32.0 Å². The molecule has 1 saturated heterocycles. The molecule has 0 aromatic heterocycles. The van der Waals surface area contributed by atoms with Crippen LogP contribution in [0.15, 0.2) is 64.5 Å². The van der Waals surface area contributed by atoms with Gasteiger partial charge >= 0.3 is 5.97 Å². The summed E-state index contributed by atoms with van der Waals surface area (Å²) < 4.78 is 10.7. The van der Waals surface area contributed by atoms with Crippen LogP contribution >= 0.6 is 0 Å². The zero-order chi connectivity index (χ0) is 27.5. The number of nitrogens with zero attached hydrogens (tertiary/aromatic N) is 1. The second-order valence-electron chi connectivity index (χ2n) is 9.42. The van der Waals surface area contributed by atoms with Gasteiger partial charge in [-0.25, -0.2) is 4.79 Å². The standard InChI is InChI=1S/C27H34N6O5/c1-16(13-20(33-25(28)30-3)17-10-12-31-21(14-17)32-15-29-2)9-11-26-22(34)18-7-5-6-8-19(18)23(35)27(26,38-26)24(36)37-4/h5-10,14,20,29,31-32H,11-13,15H2,1-4H3,(H3,28,30,33)/b16-9+/t20-,26-,27-/m0/s1. The molecule has 0 unspecified atom stereocenters. The number of carbonyl (C=O) groups excluding carboxylic acids is 3. The van der Waals surface area contributed by atoms with Crippen molar-refractivity contribution >= 4 is 23.5 Å². The molecule has 38 heavy (non-hydrogen) atoms. The number of carbonyl (C=O) groups is 3. The Morgan fingerprint density at radius 1 is 1.29 bits per heavy atom. The second-order valence-corrected chi connectivity index (χ2v) is 9.42. The van der Waals surface area contributed by atoms with Crippen LogP contribution < -0.4 is 27.0 Å². The van der Waals surface area contributed by atoms with Crippen molar-refractivity contribution in [1.29, 1.82) is 0 Å². The number of epoxide rings is 1. The van der Waals surface area contributed by atoms with Gasteiger partial charge < -0.3 is 36.5 Å². The summed E-state index contributed by atoms with van der Waals surface area (Å²) in [4.78, 5) is 43.7. The molecule has 0 saturated carbocycles. The van der Waals surface area contributed by atoms with E-state index >= 15 is 0 Å². The molecule has 1 aromatic carbocycles. The molecule has 11 heteroatoms. The quantitative estimate of drug-likeness (QED) is 0.0557. The molecule has 0 spiro atoms. The van der Waals surface area contributed by atoms with E-state index in [-0.39, 0.29) is 23.6 Å². The lowest BCUT2D eigenvalue weighted by atomic mass is 9.72. The van der Waals surface area contributed by atoms with Crippen LogP contribution in [0.25, 0.3) is 0 Å². The summed E-state index contributed by atoms with van der Waals surface area (Å²) in [5.74, 6) is -0.657. The third kappa shape index (κ3) is 4.59. The van der Waals surface area contributed by atoms with Crippen molar-refractivity contribution in [3.05, 3.63) is 70.6 Å². The Balaban J connectivity index is 1.60. The number of ketones is 2. The first-order chi connectivity index (χ1) is 18.2. The van der Waals surface area contributed by atoms with Gasteiger partial charge in [0, 0.05) is 31.1 Å². The minimum atomic E-state index is -1.96. The monoisotopic (exact) mass is 522 g/mol. The average molecular weight is 523 g/mol. The number of nitrogens with one attached hydrogen (secondary N) is 4. The summed E-state index contributed by atoms with van der Waals surface area (Å²) >= 11 is 0. The number of aliphatic imine (C=N–C) groups is 1. The maximum absolute atomic E-state index is 13.5. The molecule has 0 amide bonds. The number of guanidine groups is 1. The van der Waals surface area contributed by atoms with E-state index in [1.165, 1.54) is 13.2 Å². The Labute approximate surface area is 221 Å². The molecular weight excluding hydrogens is 488 g/mol. The van der Waals surface area contributed by atoms with Gasteiger partial charge in [0.1, 0.15) is 5.82 Å². The molecule has 1 aromatic rings. The molecule has 2 aliphatic heterocycles. The summed E-state index contributed by atoms with van der Waals surface area (Å²) in [5.41, 5.74) is 4.75. The first-order valence-corrected chi connectivity index (χ1v) is 12.4. The largest absolute Gasteiger partial charge is 0.466 e. The summed E-state index contributed by atoms with van der Waals surface area (Å²) in [6.45, 7) is 3.15. The highest BCUT2D eigenvalue weighted by atomic mass is 16.7. The molecule has 4 rings (SSSR count). The predicted molar refractivity (Wildman–Crippen MR) is 142 cm³/mol. The summed E-state index contributed by atoms with van der Waals surface area (Å²) in [7, 11) is 4.64. The topological polar surface area (TPSA) is 159 Å². The van der Waals surface area contributed by atoms with Crippen LogP contribution in [0, 0.1) is 0 Å². The zero-order valence-electron chi connectivity index (χ0n) is 22.0. The van der Waals surface area contributed by atoms with Gasteiger partial charge in [0.25, 0.3) is 5.60 Å². The van der Waals surface area contributed by atoms with Crippen molar-refractivity contribution in [3.63, 3.8) is 0 Å². The van der Waals surface area contributed by atoms with Crippen LogP contribution in [0.3, 0.4) is 0 Å². The van der Waals surface area contributed by atoms with Gasteiger partial charge in [-0.2, -0.15) is 0 Å². The highest BCUT2D eigenvalue weighted by molar-refractivity contribution is 6.32. The van der Waals surface area contributed by atoms with Crippen LogP contribution in [0.5, 0.6) is 0 Å². The molecular formula is C27H34N6O5. The van der Waals surface area contributed by atoms with Crippen molar-refractivity contribution in [2.45, 2.75) is 37.0 Å². The van der Waals surface area contributed by atoms with E-state index in [0.717, 1.165) is 17.0 Å². The second kappa shape index (κ2) is 10.8. The maximum Gasteiger partial charge on any atom is 0.350 e. The fourth-order valence-corrected chi connectivity index (χ4v) is 4.99. The number of benzene rings is 1. The maximum atomic E-state index is 13.5. The predicted octanol–water partition coefficient (Wildman–Crippen LogP) is 0.513. The summed E-state index contributed by atoms with van der Waals surface area (Å²) in [6.07, 6.45) is 6.47. The summed E-state index contributed by atoms with van der Waals surface area (Å²) in [6, 6.07) is 6.23. The number of nitrogens with two attached hydrogens (primary N) is 1. The van der Waals surface area contributed by atoms with E-state index in [9.17, 15) is 14.4 Å².